The number of anilines is 1. The van der Waals surface area contributed by atoms with Crippen molar-refractivity contribution < 1.29 is 27.8 Å². The van der Waals surface area contributed by atoms with Crippen LogP contribution in [-0.2, 0) is 10.2 Å². The van der Waals surface area contributed by atoms with E-state index in [4.69, 9.17) is 16.3 Å². The quantitative estimate of drug-likeness (QED) is 0.410. The third kappa shape index (κ3) is 3.57. The first-order valence-electron chi connectivity index (χ1n) is 8.73. The first-order chi connectivity index (χ1) is 13.4. The summed E-state index contributed by atoms with van der Waals surface area (Å²) in [5, 5.41) is 14.0. The number of esters is 1. The van der Waals surface area contributed by atoms with Gasteiger partial charge in [0, 0.05) is 18.2 Å². The van der Waals surface area contributed by atoms with Crippen LogP contribution in [0.25, 0.3) is 0 Å². The van der Waals surface area contributed by atoms with E-state index in [0.717, 1.165) is 0 Å². The van der Waals surface area contributed by atoms with Crippen molar-refractivity contribution >= 4 is 34.6 Å². The molecule has 0 spiro atoms. The summed E-state index contributed by atoms with van der Waals surface area (Å²) in [6, 6.07) is 8.50. The highest BCUT2D eigenvalue weighted by Gasteiger charge is 2.78. The van der Waals surface area contributed by atoms with E-state index in [-0.39, 0.29) is 16.2 Å². The van der Waals surface area contributed by atoms with Gasteiger partial charge in [0.2, 0.25) is 6.23 Å². The zero-order valence-electron chi connectivity index (χ0n) is 15.8. The van der Waals surface area contributed by atoms with Crippen LogP contribution in [0.4, 0.5) is 18.9 Å². The van der Waals surface area contributed by atoms with E-state index in [1.54, 1.807) is 44.2 Å². The molecular formula is C18H19ClF3N3O3S. The number of nitrogens with zero attached hydrogens (tertiary/aromatic N) is 3. The van der Waals surface area contributed by atoms with Crippen molar-refractivity contribution in [1.29, 1.82) is 0 Å². The summed E-state index contributed by atoms with van der Waals surface area (Å²) in [5.41, 5.74) is -1.18. The van der Waals surface area contributed by atoms with Gasteiger partial charge in [-0.05, 0) is 32.9 Å². The van der Waals surface area contributed by atoms with Crippen molar-refractivity contribution in [3.63, 3.8) is 0 Å². The van der Waals surface area contributed by atoms with Gasteiger partial charge >= 0.3 is 11.2 Å². The van der Waals surface area contributed by atoms with Crippen LogP contribution in [0.1, 0.15) is 32.2 Å². The maximum Gasteiger partial charge on any atom is 0.363 e. The predicted molar refractivity (Wildman–Crippen MR) is 102 cm³/mol. The molecule has 1 aliphatic rings. The average Bonchev–Trinajstić information content (AvgIpc) is 3.10. The fourth-order valence-electron chi connectivity index (χ4n) is 3.22. The number of carbonyl (C=O) groups excluding carboxylic acids is 1. The van der Waals surface area contributed by atoms with Crippen LogP contribution < -0.4 is 9.64 Å². The lowest BCUT2D eigenvalue weighted by Gasteiger charge is -2.52. The predicted octanol–water partition coefficient (Wildman–Crippen LogP) is 3.88. The minimum atomic E-state index is -3.70. The van der Waals surface area contributed by atoms with Gasteiger partial charge in [0.05, 0.1) is 5.41 Å². The SMILES string of the molecule is CC(C)N(c1ccccc1)C(O)C(=O)Oc1nnc(C2(C)CC(F)(F)C2(F)Cl)s1. The molecule has 1 saturated carbocycles. The molecule has 1 fully saturated rings. The van der Waals surface area contributed by atoms with Crippen molar-refractivity contribution in [3.05, 3.63) is 35.3 Å². The van der Waals surface area contributed by atoms with Gasteiger partial charge in [0.1, 0.15) is 5.01 Å². The normalized spacial score (nSPS) is 26.7. The minimum Gasteiger partial charge on any atom is -0.393 e. The minimum absolute atomic E-state index is 0.123. The van der Waals surface area contributed by atoms with Crippen LogP contribution in [0.15, 0.2) is 30.3 Å². The number of benzene rings is 1. The topological polar surface area (TPSA) is 75.5 Å². The molecule has 158 valence electrons. The number of alkyl halides is 4. The molecule has 6 nitrogen and oxygen atoms in total. The monoisotopic (exact) mass is 449 g/mol. The zero-order valence-corrected chi connectivity index (χ0v) is 17.3. The first kappa shape index (κ1) is 21.8. The van der Waals surface area contributed by atoms with Crippen LogP contribution in [0.2, 0.25) is 0 Å². The van der Waals surface area contributed by atoms with Gasteiger partial charge in [-0.2, -0.15) is 0 Å². The molecule has 11 heteroatoms. The van der Waals surface area contributed by atoms with Gasteiger partial charge in [-0.3, -0.25) is 0 Å². The Balaban J connectivity index is 1.75. The van der Waals surface area contributed by atoms with Gasteiger partial charge in [-0.25, -0.2) is 18.0 Å². The summed E-state index contributed by atoms with van der Waals surface area (Å²) >= 11 is 6.04. The standard InChI is InChI=1S/C18H19ClF3N3O3S/c1-10(2)25(11-7-5-4-6-8-11)12(26)13(27)28-15-24-23-14(29-15)16(3)9-17(20,21)18(16,19)22/h4-8,10,12,26H,9H2,1-3H3. The Morgan fingerprint density at radius 1 is 1.28 bits per heavy atom. The van der Waals surface area contributed by atoms with Gasteiger partial charge in [0.15, 0.2) is 0 Å². The lowest BCUT2D eigenvalue weighted by molar-refractivity contribution is -0.217. The van der Waals surface area contributed by atoms with E-state index in [1.807, 2.05) is 0 Å². The average molecular weight is 450 g/mol. The van der Waals surface area contributed by atoms with E-state index in [9.17, 15) is 23.1 Å². The molecule has 0 aliphatic heterocycles. The summed E-state index contributed by atoms with van der Waals surface area (Å²) in [5.74, 6) is -4.73. The van der Waals surface area contributed by atoms with Crippen molar-refractivity contribution in [3.8, 4) is 5.19 Å². The van der Waals surface area contributed by atoms with Crippen molar-refractivity contribution in [2.24, 2.45) is 0 Å². The number of ether oxygens (including phenoxy) is 1. The van der Waals surface area contributed by atoms with Crippen molar-refractivity contribution in [1.82, 2.24) is 10.2 Å². The van der Waals surface area contributed by atoms with Gasteiger partial charge in [0.25, 0.3) is 11.1 Å². The number of aliphatic hydroxyl groups is 1. The summed E-state index contributed by atoms with van der Waals surface area (Å²) < 4.78 is 46.3. The summed E-state index contributed by atoms with van der Waals surface area (Å²) in [7, 11) is 0. The summed E-state index contributed by atoms with van der Waals surface area (Å²) in [6.07, 6.45) is -2.50. The van der Waals surface area contributed by atoms with E-state index in [2.05, 4.69) is 10.2 Å². The smallest absolute Gasteiger partial charge is 0.363 e. The summed E-state index contributed by atoms with van der Waals surface area (Å²) in [6.45, 7) is 4.77. The zero-order chi connectivity index (χ0) is 21.6. The van der Waals surface area contributed by atoms with Crippen LogP contribution in [0.5, 0.6) is 5.19 Å². The Labute approximate surface area is 174 Å². The number of hydrogen-bond acceptors (Lipinski definition) is 7. The molecule has 0 radical (unpaired) electrons. The first-order valence-corrected chi connectivity index (χ1v) is 9.93. The number of para-hydroxylation sites is 1. The number of aromatic nitrogens is 2. The van der Waals surface area contributed by atoms with Crippen LogP contribution in [0.3, 0.4) is 0 Å². The largest absolute Gasteiger partial charge is 0.393 e. The highest BCUT2D eigenvalue weighted by Crippen LogP contribution is 2.65. The maximum atomic E-state index is 14.3. The number of halogens is 4. The second-order valence-corrected chi connectivity index (χ2v) is 8.75. The molecule has 3 unspecified atom stereocenters. The molecule has 1 N–H and O–H groups in total. The Bertz CT molecular complexity index is 897. The molecule has 0 amide bonds. The molecule has 1 aliphatic carbocycles. The van der Waals surface area contributed by atoms with E-state index in [1.165, 1.54) is 11.8 Å². The third-order valence-electron chi connectivity index (χ3n) is 4.88. The molecule has 0 bridgehead atoms. The highest BCUT2D eigenvalue weighted by atomic mass is 35.5. The number of aliphatic hydroxyl groups excluding tert-OH is 1. The number of hydrogen-bond donors (Lipinski definition) is 1. The fraction of sp³-hybridized carbons (Fsp3) is 0.500. The second kappa shape index (κ2) is 7.41. The van der Waals surface area contributed by atoms with E-state index >= 15 is 0 Å². The van der Waals surface area contributed by atoms with Gasteiger partial charge in [-0.15, -0.1) is 5.10 Å². The Kier molecular flexibility index (Phi) is 5.57. The van der Waals surface area contributed by atoms with Crippen LogP contribution >= 0.6 is 22.9 Å². The molecule has 3 rings (SSSR count). The Hall–Kier alpha value is -1.91. The molecule has 1 heterocycles. The molecule has 3 atom stereocenters. The Morgan fingerprint density at radius 2 is 1.90 bits per heavy atom. The maximum absolute atomic E-state index is 14.3. The van der Waals surface area contributed by atoms with Crippen molar-refractivity contribution in [2.75, 3.05) is 4.90 Å². The molecular weight excluding hydrogens is 431 g/mol. The third-order valence-corrected chi connectivity index (χ3v) is 6.64. The Morgan fingerprint density at radius 3 is 2.41 bits per heavy atom. The fourth-order valence-corrected chi connectivity index (χ4v) is 4.39. The van der Waals surface area contributed by atoms with Crippen LogP contribution in [-0.4, -0.2) is 44.6 Å². The van der Waals surface area contributed by atoms with Crippen molar-refractivity contribution in [2.45, 2.75) is 55.9 Å². The molecule has 2 aromatic rings. The molecule has 29 heavy (non-hydrogen) atoms. The second-order valence-electron chi connectivity index (χ2n) is 7.29. The van der Waals surface area contributed by atoms with E-state index < -0.39 is 35.1 Å². The van der Waals surface area contributed by atoms with E-state index in [0.29, 0.717) is 17.0 Å². The van der Waals surface area contributed by atoms with Gasteiger partial charge < -0.3 is 14.7 Å². The number of carbonyl (C=O) groups is 1. The number of rotatable bonds is 6. The molecule has 1 aromatic heterocycles. The lowest BCUT2D eigenvalue weighted by Crippen LogP contribution is -2.67. The molecule has 1 aromatic carbocycles. The van der Waals surface area contributed by atoms with Gasteiger partial charge in [-0.1, -0.05) is 46.2 Å². The molecule has 0 saturated heterocycles. The van der Waals surface area contributed by atoms with Crippen LogP contribution in [0, 0.1) is 0 Å². The highest BCUT2D eigenvalue weighted by molar-refractivity contribution is 7.13. The lowest BCUT2D eigenvalue weighted by atomic mass is 9.65. The summed E-state index contributed by atoms with van der Waals surface area (Å²) in [4.78, 5) is 13.8.